The van der Waals surface area contributed by atoms with Gasteiger partial charge in [0.15, 0.2) is 0 Å². The van der Waals surface area contributed by atoms with Crippen molar-refractivity contribution in [3.63, 3.8) is 0 Å². The number of nitrogens with zero attached hydrogens (tertiary/aromatic N) is 1. The van der Waals surface area contributed by atoms with E-state index in [1.54, 1.807) is 6.92 Å². The molecule has 1 aromatic carbocycles. The third-order valence-corrected chi connectivity index (χ3v) is 4.59. The number of fused-ring (bicyclic) bond motifs is 1. The summed E-state index contributed by atoms with van der Waals surface area (Å²) in [4.78, 5) is 43.6. The smallest absolute Gasteiger partial charge is 0.327 e. The molecule has 2 aromatic rings. The molecule has 2 atom stereocenters. The topological polar surface area (TPSA) is 107 Å². The van der Waals surface area contributed by atoms with Crippen LogP contribution in [0.1, 0.15) is 24.0 Å². The number of esters is 1. The Kier molecular flexibility index (Phi) is 4.89. The molecule has 1 aromatic heterocycles. The summed E-state index contributed by atoms with van der Waals surface area (Å²) >= 11 is 0. The van der Waals surface area contributed by atoms with E-state index in [2.05, 4.69) is 21.9 Å². The van der Waals surface area contributed by atoms with Crippen molar-refractivity contribution in [2.24, 2.45) is 5.92 Å². The summed E-state index contributed by atoms with van der Waals surface area (Å²) in [5, 5.41) is 2.88. The second-order valence-electron chi connectivity index (χ2n) is 6.54. The third kappa shape index (κ3) is 3.38. The van der Waals surface area contributed by atoms with Gasteiger partial charge in [-0.05, 0) is 24.6 Å². The fourth-order valence-electron chi connectivity index (χ4n) is 3.35. The molecule has 0 amide bonds. The van der Waals surface area contributed by atoms with Crippen LogP contribution in [-0.2, 0) is 9.53 Å². The van der Waals surface area contributed by atoms with E-state index in [4.69, 9.17) is 4.74 Å². The van der Waals surface area contributed by atoms with E-state index in [0.717, 1.165) is 11.3 Å². The Labute approximate surface area is 155 Å². The van der Waals surface area contributed by atoms with Gasteiger partial charge in [0.05, 0.1) is 12.2 Å². The molecule has 8 nitrogen and oxygen atoms in total. The molecule has 0 unspecified atom stereocenters. The van der Waals surface area contributed by atoms with Crippen LogP contribution in [0.3, 0.4) is 0 Å². The van der Waals surface area contributed by atoms with Gasteiger partial charge in [0, 0.05) is 31.4 Å². The first-order valence-corrected chi connectivity index (χ1v) is 8.59. The van der Waals surface area contributed by atoms with Crippen molar-refractivity contribution >= 4 is 17.5 Å². The van der Waals surface area contributed by atoms with Gasteiger partial charge in [0.2, 0.25) is 0 Å². The Bertz CT molecular complexity index is 988. The molecular weight excluding hydrogens is 348 g/mol. The van der Waals surface area contributed by atoms with E-state index >= 15 is 0 Å². The number of aromatic nitrogens is 2. The monoisotopic (exact) mass is 370 g/mol. The molecule has 142 valence electrons. The molecule has 27 heavy (non-hydrogen) atoms. The third-order valence-electron chi connectivity index (χ3n) is 4.59. The first-order valence-electron chi connectivity index (χ1n) is 8.59. The van der Waals surface area contributed by atoms with Crippen molar-refractivity contribution in [3.8, 4) is 0 Å². The summed E-state index contributed by atoms with van der Waals surface area (Å²) in [5.41, 5.74) is 1.19. The number of hydrogen-bond acceptors (Lipinski definition) is 6. The van der Waals surface area contributed by atoms with Gasteiger partial charge in [-0.15, -0.1) is 0 Å². The van der Waals surface area contributed by atoms with Crippen LogP contribution in [0, 0.1) is 5.92 Å². The summed E-state index contributed by atoms with van der Waals surface area (Å²) in [6, 6.07) is 7.53. The highest BCUT2D eigenvalue weighted by Crippen LogP contribution is 2.41. The van der Waals surface area contributed by atoms with Gasteiger partial charge in [-0.25, -0.2) is 4.79 Å². The Morgan fingerprint density at radius 1 is 1.19 bits per heavy atom. The molecule has 2 heterocycles. The van der Waals surface area contributed by atoms with Crippen LogP contribution < -0.4 is 21.5 Å². The minimum absolute atomic E-state index is 0.212. The molecule has 0 radical (unpaired) electrons. The standard InChI is InChI=1S/C19H22N4O4/c1-5-27-18(25)13-10(2)20-16-15(17(24)22-19(26)21-16)14(13)11-6-8-12(9-7-11)23(3)4/h6-9,13-14H,2,5H2,1,3-4H3,(H3,20,21,22,24,26)/t13-,14+/m0/s1. The first kappa shape index (κ1) is 18.5. The maximum absolute atomic E-state index is 12.6. The van der Waals surface area contributed by atoms with E-state index in [1.807, 2.05) is 43.3 Å². The largest absolute Gasteiger partial charge is 0.465 e. The number of benzene rings is 1. The number of nitrogens with one attached hydrogen (secondary N) is 3. The average molecular weight is 370 g/mol. The van der Waals surface area contributed by atoms with Crippen LogP contribution in [0.25, 0.3) is 0 Å². The van der Waals surface area contributed by atoms with Crippen molar-refractivity contribution in [2.45, 2.75) is 12.8 Å². The average Bonchev–Trinajstić information content (AvgIpc) is 2.60. The van der Waals surface area contributed by atoms with Crippen molar-refractivity contribution in [2.75, 3.05) is 30.9 Å². The summed E-state index contributed by atoms with van der Waals surface area (Å²) in [6.45, 7) is 5.85. The predicted molar refractivity (Wildman–Crippen MR) is 103 cm³/mol. The lowest BCUT2D eigenvalue weighted by Gasteiger charge is -2.33. The molecule has 1 aliphatic rings. The first-order chi connectivity index (χ1) is 12.8. The van der Waals surface area contributed by atoms with Crippen molar-refractivity contribution in [3.05, 3.63) is 68.5 Å². The molecule has 8 heteroatoms. The van der Waals surface area contributed by atoms with Gasteiger partial charge in [0.1, 0.15) is 11.7 Å². The number of hydrogen-bond donors (Lipinski definition) is 3. The second kappa shape index (κ2) is 7.14. The lowest BCUT2D eigenvalue weighted by Crippen LogP contribution is -2.40. The minimum Gasteiger partial charge on any atom is -0.465 e. The fourth-order valence-corrected chi connectivity index (χ4v) is 3.35. The number of anilines is 2. The molecule has 3 N–H and O–H groups in total. The minimum atomic E-state index is -0.797. The number of carbonyl (C=O) groups excluding carboxylic acids is 1. The highest BCUT2D eigenvalue weighted by molar-refractivity contribution is 5.81. The van der Waals surface area contributed by atoms with Crippen LogP contribution in [0.2, 0.25) is 0 Å². The normalized spacial score (nSPS) is 18.4. The number of ether oxygens (including phenoxy) is 1. The van der Waals surface area contributed by atoms with Crippen LogP contribution >= 0.6 is 0 Å². The van der Waals surface area contributed by atoms with E-state index in [1.165, 1.54) is 0 Å². The van der Waals surface area contributed by atoms with E-state index in [-0.39, 0.29) is 18.0 Å². The van der Waals surface area contributed by atoms with E-state index in [9.17, 15) is 14.4 Å². The predicted octanol–water partition coefficient (Wildman–Crippen LogP) is 1.38. The molecule has 0 saturated heterocycles. The SMILES string of the molecule is C=C1Nc2[nH]c(=O)[nH]c(=O)c2[C@H](c2ccc(N(C)C)cc2)[C@H]1C(=O)OCC. The molecule has 3 rings (SSSR count). The highest BCUT2D eigenvalue weighted by Gasteiger charge is 2.41. The molecule has 0 aliphatic carbocycles. The zero-order chi connectivity index (χ0) is 19.7. The number of carbonyl (C=O) groups is 1. The van der Waals surface area contributed by atoms with Crippen LogP contribution in [0.4, 0.5) is 11.5 Å². The summed E-state index contributed by atoms with van der Waals surface area (Å²) in [7, 11) is 3.85. The second-order valence-corrected chi connectivity index (χ2v) is 6.54. The van der Waals surface area contributed by atoms with Gasteiger partial charge in [-0.2, -0.15) is 0 Å². The maximum atomic E-state index is 12.6. The van der Waals surface area contributed by atoms with Gasteiger partial charge in [0.25, 0.3) is 5.56 Å². The maximum Gasteiger partial charge on any atom is 0.327 e. The lowest BCUT2D eigenvalue weighted by atomic mass is 9.77. The van der Waals surface area contributed by atoms with Crippen LogP contribution in [0.15, 0.2) is 46.1 Å². The lowest BCUT2D eigenvalue weighted by molar-refractivity contribution is -0.147. The molecular formula is C19H22N4O4. The van der Waals surface area contributed by atoms with Crippen molar-refractivity contribution in [1.29, 1.82) is 0 Å². The number of aromatic amines is 2. The molecule has 0 spiro atoms. The van der Waals surface area contributed by atoms with Crippen LogP contribution in [-0.4, -0.2) is 36.6 Å². The molecule has 1 aliphatic heterocycles. The van der Waals surface area contributed by atoms with Gasteiger partial charge < -0.3 is 15.0 Å². The van der Waals surface area contributed by atoms with Crippen molar-refractivity contribution in [1.82, 2.24) is 9.97 Å². The quantitative estimate of drug-likeness (QED) is 0.702. The number of H-pyrrole nitrogens is 2. The summed E-state index contributed by atoms with van der Waals surface area (Å²) in [5.74, 6) is -1.66. The van der Waals surface area contributed by atoms with E-state index in [0.29, 0.717) is 5.70 Å². The molecule has 0 saturated carbocycles. The van der Waals surface area contributed by atoms with Gasteiger partial charge >= 0.3 is 11.7 Å². The Morgan fingerprint density at radius 3 is 2.44 bits per heavy atom. The summed E-state index contributed by atoms with van der Waals surface area (Å²) < 4.78 is 5.21. The Morgan fingerprint density at radius 2 is 1.85 bits per heavy atom. The fraction of sp³-hybridized carbons (Fsp3) is 0.316. The van der Waals surface area contributed by atoms with E-state index < -0.39 is 29.1 Å². The molecule has 0 bridgehead atoms. The van der Waals surface area contributed by atoms with Crippen LogP contribution in [0.5, 0.6) is 0 Å². The number of rotatable bonds is 4. The van der Waals surface area contributed by atoms with Gasteiger partial charge in [-0.1, -0.05) is 18.7 Å². The molecule has 0 fully saturated rings. The van der Waals surface area contributed by atoms with Crippen molar-refractivity contribution < 1.29 is 9.53 Å². The highest BCUT2D eigenvalue weighted by atomic mass is 16.5. The Hall–Kier alpha value is -3.29. The van der Waals surface area contributed by atoms with Gasteiger partial charge in [-0.3, -0.25) is 19.6 Å². The Balaban J connectivity index is 2.20. The zero-order valence-electron chi connectivity index (χ0n) is 15.5. The summed E-state index contributed by atoms with van der Waals surface area (Å²) in [6.07, 6.45) is 0. The zero-order valence-corrected chi connectivity index (χ0v) is 15.5.